The molecule has 174 valence electrons. The third kappa shape index (κ3) is 5.59. The van der Waals surface area contributed by atoms with Crippen LogP contribution in [0.4, 0.5) is 18.0 Å². The van der Waals surface area contributed by atoms with Gasteiger partial charge in [-0.1, -0.05) is 0 Å². The van der Waals surface area contributed by atoms with Crippen LogP contribution in [-0.2, 0) is 9.59 Å². The predicted molar refractivity (Wildman–Crippen MR) is 114 cm³/mol. The van der Waals surface area contributed by atoms with E-state index >= 15 is 0 Å². The van der Waals surface area contributed by atoms with Crippen LogP contribution in [0.5, 0.6) is 5.75 Å². The second kappa shape index (κ2) is 9.34. The molecule has 3 amide bonds. The Kier molecular flexibility index (Phi) is 6.50. The second-order valence-corrected chi connectivity index (χ2v) is 8.48. The van der Waals surface area contributed by atoms with Gasteiger partial charge in [-0.05, 0) is 67.4 Å². The van der Waals surface area contributed by atoms with E-state index in [2.05, 4.69) is 4.74 Å². The maximum absolute atomic E-state index is 12.7. The number of carbonyl (C=O) groups excluding carboxylic acids is 3. The normalized spacial score (nSPS) is 18.3. The maximum Gasteiger partial charge on any atom is 0.573 e. The largest absolute Gasteiger partial charge is 0.573 e. The highest BCUT2D eigenvalue weighted by atomic mass is 32.2. The first-order valence-electron chi connectivity index (χ1n) is 10.2. The highest BCUT2D eigenvalue weighted by Crippen LogP contribution is 2.34. The van der Waals surface area contributed by atoms with Gasteiger partial charge in [-0.2, -0.15) is 0 Å². The maximum atomic E-state index is 12.7. The zero-order valence-electron chi connectivity index (χ0n) is 17.3. The SMILES string of the molecule is O=C(CN1C(=O)S/C(=C\c2ccc(-c3ccc(OC(F)(F)F)cc3)o2)C1=O)N1CCCCC1. The highest BCUT2D eigenvalue weighted by Gasteiger charge is 2.37. The van der Waals surface area contributed by atoms with Crippen LogP contribution >= 0.6 is 11.8 Å². The van der Waals surface area contributed by atoms with E-state index < -0.39 is 17.5 Å². The van der Waals surface area contributed by atoms with Crippen molar-refractivity contribution in [2.24, 2.45) is 0 Å². The van der Waals surface area contributed by atoms with Crippen molar-refractivity contribution in [2.45, 2.75) is 25.6 Å². The Balaban J connectivity index is 1.43. The van der Waals surface area contributed by atoms with Gasteiger partial charge in [0.2, 0.25) is 5.91 Å². The molecule has 2 aliphatic rings. The van der Waals surface area contributed by atoms with Crippen LogP contribution in [0.15, 0.2) is 45.7 Å². The molecule has 0 spiro atoms. The van der Waals surface area contributed by atoms with Crippen molar-refractivity contribution < 1.29 is 36.7 Å². The average Bonchev–Trinajstić information content (AvgIpc) is 3.34. The predicted octanol–water partition coefficient (Wildman–Crippen LogP) is 4.89. The molecule has 7 nitrogen and oxygen atoms in total. The molecule has 0 N–H and O–H groups in total. The number of furan rings is 1. The summed E-state index contributed by atoms with van der Waals surface area (Å²) in [6, 6.07) is 8.30. The summed E-state index contributed by atoms with van der Waals surface area (Å²) in [6.45, 7) is 0.963. The number of alkyl halides is 3. The topological polar surface area (TPSA) is 80.1 Å². The summed E-state index contributed by atoms with van der Waals surface area (Å²) in [5, 5.41) is -0.524. The Morgan fingerprint density at radius 3 is 2.42 bits per heavy atom. The molecular formula is C22H19F3N2O5S. The van der Waals surface area contributed by atoms with E-state index in [1.807, 2.05) is 0 Å². The number of halogens is 3. The van der Waals surface area contributed by atoms with Crippen molar-refractivity contribution in [3.05, 3.63) is 47.1 Å². The fourth-order valence-electron chi connectivity index (χ4n) is 3.55. The third-order valence-corrected chi connectivity index (χ3v) is 6.06. The Labute approximate surface area is 191 Å². The third-order valence-electron chi connectivity index (χ3n) is 5.15. The molecule has 0 aliphatic carbocycles. The summed E-state index contributed by atoms with van der Waals surface area (Å²) >= 11 is 0.722. The van der Waals surface area contributed by atoms with Crippen LogP contribution in [0.2, 0.25) is 0 Å². The summed E-state index contributed by atoms with van der Waals surface area (Å²) in [7, 11) is 0. The first-order valence-corrected chi connectivity index (χ1v) is 11.0. The molecule has 0 unspecified atom stereocenters. The van der Waals surface area contributed by atoms with Gasteiger partial charge in [0.25, 0.3) is 11.1 Å². The minimum absolute atomic E-state index is 0.126. The number of hydrogen-bond donors (Lipinski definition) is 0. The van der Waals surface area contributed by atoms with Crippen molar-refractivity contribution in [1.29, 1.82) is 0 Å². The molecule has 0 saturated carbocycles. The summed E-state index contributed by atoms with van der Waals surface area (Å²) in [5.41, 5.74) is 0.504. The van der Waals surface area contributed by atoms with E-state index in [-0.39, 0.29) is 28.9 Å². The number of hydrogen-bond acceptors (Lipinski definition) is 6. The zero-order chi connectivity index (χ0) is 23.6. The zero-order valence-corrected chi connectivity index (χ0v) is 18.1. The summed E-state index contributed by atoms with van der Waals surface area (Å²) < 4.78 is 46.4. The van der Waals surface area contributed by atoms with Gasteiger partial charge >= 0.3 is 6.36 Å². The minimum Gasteiger partial charge on any atom is -0.457 e. The fourth-order valence-corrected chi connectivity index (χ4v) is 4.37. The molecule has 0 radical (unpaired) electrons. The number of ether oxygens (including phenoxy) is 1. The lowest BCUT2D eigenvalue weighted by Gasteiger charge is -2.27. The average molecular weight is 480 g/mol. The van der Waals surface area contributed by atoms with Crippen molar-refractivity contribution in [3.63, 3.8) is 0 Å². The van der Waals surface area contributed by atoms with Gasteiger partial charge in [0.1, 0.15) is 23.8 Å². The fraction of sp³-hybridized carbons (Fsp3) is 0.318. The molecule has 4 rings (SSSR count). The van der Waals surface area contributed by atoms with Gasteiger partial charge in [-0.3, -0.25) is 19.3 Å². The van der Waals surface area contributed by atoms with E-state index in [9.17, 15) is 27.6 Å². The molecule has 2 fully saturated rings. The van der Waals surface area contributed by atoms with E-state index in [0.717, 1.165) is 48.1 Å². The number of rotatable bonds is 5. The molecule has 0 bridgehead atoms. The number of benzene rings is 1. The standard InChI is InChI=1S/C22H19F3N2O5S/c23-22(24,25)32-15-6-4-14(5-7-15)17-9-8-16(31-17)12-18-20(29)27(21(30)33-18)13-19(28)26-10-2-1-3-11-26/h4-9,12H,1-3,10-11,13H2/b18-12-. The Bertz CT molecular complexity index is 1090. The van der Waals surface area contributed by atoms with Crippen molar-refractivity contribution in [1.82, 2.24) is 9.80 Å². The van der Waals surface area contributed by atoms with Crippen LogP contribution in [0, 0.1) is 0 Å². The van der Waals surface area contributed by atoms with E-state index in [1.54, 1.807) is 17.0 Å². The summed E-state index contributed by atoms with van der Waals surface area (Å²) in [6.07, 6.45) is -0.495. The van der Waals surface area contributed by atoms with Crippen molar-refractivity contribution >= 4 is 34.9 Å². The monoisotopic (exact) mass is 480 g/mol. The first kappa shape index (κ1) is 23.0. The molecule has 1 aromatic carbocycles. The number of carbonyl (C=O) groups is 3. The van der Waals surface area contributed by atoms with Crippen LogP contribution in [-0.4, -0.2) is 52.9 Å². The highest BCUT2D eigenvalue weighted by molar-refractivity contribution is 8.18. The van der Waals surface area contributed by atoms with Gasteiger partial charge in [-0.15, -0.1) is 13.2 Å². The number of thioether (sulfide) groups is 1. The molecule has 11 heteroatoms. The number of piperidine rings is 1. The second-order valence-electron chi connectivity index (χ2n) is 7.48. The first-order chi connectivity index (χ1) is 15.7. The lowest BCUT2D eigenvalue weighted by Crippen LogP contribution is -2.44. The Morgan fingerprint density at radius 2 is 1.76 bits per heavy atom. The van der Waals surface area contributed by atoms with Crippen LogP contribution < -0.4 is 4.74 Å². The molecule has 2 saturated heterocycles. The Morgan fingerprint density at radius 1 is 1.06 bits per heavy atom. The van der Waals surface area contributed by atoms with Gasteiger partial charge in [0, 0.05) is 24.7 Å². The Hall–Kier alpha value is -3.21. The van der Waals surface area contributed by atoms with Crippen molar-refractivity contribution in [2.75, 3.05) is 19.6 Å². The molecule has 0 atom stereocenters. The van der Waals surface area contributed by atoms with Crippen molar-refractivity contribution in [3.8, 4) is 17.1 Å². The lowest BCUT2D eigenvalue weighted by molar-refractivity contribution is -0.274. The summed E-state index contributed by atoms with van der Waals surface area (Å²) in [4.78, 5) is 40.1. The molecule has 2 aromatic rings. The van der Waals surface area contributed by atoms with Crippen LogP contribution in [0.25, 0.3) is 17.4 Å². The molecule has 3 heterocycles. The number of nitrogens with zero attached hydrogens (tertiary/aromatic N) is 2. The molecule has 33 heavy (non-hydrogen) atoms. The minimum atomic E-state index is -4.78. The van der Waals surface area contributed by atoms with Crippen LogP contribution in [0.1, 0.15) is 25.0 Å². The van der Waals surface area contributed by atoms with Gasteiger partial charge < -0.3 is 14.1 Å². The molecule has 1 aromatic heterocycles. The smallest absolute Gasteiger partial charge is 0.457 e. The molecule has 2 aliphatic heterocycles. The number of likely N-dealkylation sites (tertiary alicyclic amines) is 1. The quantitative estimate of drug-likeness (QED) is 0.567. The van der Waals surface area contributed by atoms with Gasteiger partial charge in [0.05, 0.1) is 4.91 Å². The van der Waals surface area contributed by atoms with Gasteiger partial charge in [-0.25, -0.2) is 0 Å². The number of imide groups is 1. The number of amides is 3. The van der Waals surface area contributed by atoms with E-state index in [4.69, 9.17) is 4.42 Å². The van der Waals surface area contributed by atoms with Gasteiger partial charge in [0.15, 0.2) is 0 Å². The van der Waals surface area contributed by atoms with Crippen LogP contribution in [0.3, 0.4) is 0 Å². The summed E-state index contributed by atoms with van der Waals surface area (Å²) in [5.74, 6) is -0.531. The van der Waals surface area contributed by atoms with E-state index in [0.29, 0.717) is 24.4 Å². The lowest BCUT2D eigenvalue weighted by atomic mass is 10.1. The molecular weight excluding hydrogens is 461 g/mol. The van der Waals surface area contributed by atoms with E-state index in [1.165, 1.54) is 18.2 Å².